The smallest absolute Gasteiger partial charge is 0.232 e. The summed E-state index contributed by atoms with van der Waals surface area (Å²) in [5.74, 6) is 0.337. The van der Waals surface area contributed by atoms with Crippen molar-refractivity contribution < 1.29 is 9.18 Å². The lowest BCUT2D eigenvalue weighted by molar-refractivity contribution is -0.129. The van der Waals surface area contributed by atoms with E-state index in [4.69, 9.17) is 0 Å². The van der Waals surface area contributed by atoms with E-state index in [1.54, 1.807) is 23.0 Å². The molecule has 1 fully saturated rings. The molecule has 1 saturated heterocycles. The third-order valence-electron chi connectivity index (χ3n) is 5.16. The van der Waals surface area contributed by atoms with Crippen LogP contribution in [0.3, 0.4) is 0 Å². The van der Waals surface area contributed by atoms with Crippen molar-refractivity contribution in [1.29, 1.82) is 0 Å². The molecule has 1 aliphatic heterocycles. The summed E-state index contributed by atoms with van der Waals surface area (Å²) < 4.78 is 15.1. The standard InChI is InChI=1S/C21H24FN5OS/c1-14(2)19-17-12-23-27(16-8-6-15(22)7-9-16)20(17)21(25-24-19)29-13-18(28)26-10-4-3-5-11-26/h6-9,12,14H,3-5,10-11,13H2,1-2H3. The van der Waals surface area contributed by atoms with Crippen molar-refractivity contribution in [2.75, 3.05) is 18.8 Å². The quantitative estimate of drug-likeness (QED) is 0.587. The Bertz CT molecular complexity index is 1010. The topological polar surface area (TPSA) is 63.9 Å². The van der Waals surface area contributed by atoms with Crippen LogP contribution in [0.2, 0.25) is 0 Å². The second kappa shape index (κ2) is 8.49. The number of piperidine rings is 1. The molecule has 6 nitrogen and oxygen atoms in total. The molecule has 1 aromatic carbocycles. The minimum absolute atomic E-state index is 0.130. The molecule has 1 amide bonds. The monoisotopic (exact) mass is 413 g/mol. The molecule has 0 aliphatic carbocycles. The molecular formula is C21H24FN5OS. The average molecular weight is 414 g/mol. The third kappa shape index (κ3) is 4.12. The third-order valence-corrected chi connectivity index (χ3v) is 6.10. The average Bonchev–Trinajstić information content (AvgIpc) is 3.18. The Morgan fingerprint density at radius 2 is 1.86 bits per heavy atom. The highest BCUT2D eigenvalue weighted by atomic mass is 32.2. The largest absolute Gasteiger partial charge is 0.342 e. The fourth-order valence-corrected chi connectivity index (χ4v) is 4.48. The number of benzene rings is 1. The van der Waals surface area contributed by atoms with E-state index in [1.165, 1.54) is 30.3 Å². The molecule has 0 radical (unpaired) electrons. The molecule has 8 heteroatoms. The number of fused-ring (bicyclic) bond motifs is 1. The minimum atomic E-state index is -0.297. The lowest BCUT2D eigenvalue weighted by Gasteiger charge is -2.26. The zero-order valence-corrected chi connectivity index (χ0v) is 17.5. The van der Waals surface area contributed by atoms with Gasteiger partial charge in [-0.2, -0.15) is 10.2 Å². The highest BCUT2D eigenvalue weighted by Gasteiger charge is 2.21. The number of thioether (sulfide) groups is 1. The van der Waals surface area contributed by atoms with Crippen molar-refractivity contribution >= 4 is 28.6 Å². The lowest BCUT2D eigenvalue weighted by atomic mass is 10.1. The molecule has 0 atom stereocenters. The van der Waals surface area contributed by atoms with Crippen molar-refractivity contribution in [3.8, 4) is 5.69 Å². The summed E-state index contributed by atoms with van der Waals surface area (Å²) in [4.78, 5) is 14.5. The van der Waals surface area contributed by atoms with Crippen LogP contribution >= 0.6 is 11.8 Å². The van der Waals surface area contributed by atoms with Crippen LogP contribution in [0.4, 0.5) is 4.39 Å². The number of hydrogen-bond donors (Lipinski definition) is 0. The molecule has 4 rings (SSSR count). The molecule has 3 heterocycles. The highest BCUT2D eigenvalue weighted by Crippen LogP contribution is 2.31. The fourth-order valence-electron chi connectivity index (χ4n) is 3.61. The molecule has 0 N–H and O–H groups in total. The van der Waals surface area contributed by atoms with Crippen LogP contribution in [0.25, 0.3) is 16.6 Å². The Balaban J connectivity index is 1.69. The zero-order valence-electron chi connectivity index (χ0n) is 16.6. The van der Waals surface area contributed by atoms with Gasteiger partial charge in [-0.15, -0.1) is 5.10 Å². The van der Waals surface area contributed by atoms with Gasteiger partial charge in [-0.1, -0.05) is 25.6 Å². The number of carbonyl (C=O) groups excluding carboxylic acids is 1. The summed E-state index contributed by atoms with van der Waals surface area (Å²) in [5.41, 5.74) is 2.42. The van der Waals surface area contributed by atoms with E-state index in [0.29, 0.717) is 10.8 Å². The van der Waals surface area contributed by atoms with E-state index in [2.05, 4.69) is 29.1 Å². The lowest BCUT2D eigenvalue weighted by Crippen LogP contribution is -2.36. The predicted molar refractivity (Wildman–Crippen MR) is 112 cm³/mol. The van der Waals surface area contributed by atoms with Crippen molar-refractivity contribution in [3.63, 3.8) is 0 Å². The van der Waals surface area contributed by atoms with Crippen molar-refractivity contribution in [3.05, 3.63) is 42.0 Å². The van der Waals surface area contributed by atoms with Gasteiger partial charge >= 0.3 is 0 Å². The molecule has 152 valence electrons. The van der Waals surface area contributed by atoms with Gasteiger partial charge in [0.15, 0.2) is 0 Å². The maximum absolute atomic E-state index is 13.4. The van der Waals surface area contributed by atoms with Crippen LogP contribution < -0.4 is 0 Å². The maximum atomic E-state index is 13.4. The number of carbonyl (C=O) groups is 1. The Hall–Kier alpha value is -2.48. The first kappa shape index (κ1) is 19.8. The van der Waals surface area contributed by atoms with Crippen LogP contribution in [0.1, 0.15) is 44.7 Å². The summed E-state index contributed by atoms with van der Waals surface area (Å²) in [6.07, 6.45) is 5.11. The summed E-state index contributed by atoms with van der Waals surface area (Å²) in [6, 6.07) is 6.19. The van der Waals surface area contributed by atoms with Gasteiger partial charge in [0.1, 0.15) is 16.4 Å². The molecule has 0 bridgehead atoms. The number of amides is 1. The molecule has 29 heavy (non-hydrogen) atoms. The van der Waals surface area contributed by atoms with Crippen molar-refractivity contribution in [2.24, 2.45) is 0 Å². The molecular weight excluding hydrogens is 389 g/mol. The first-order valence-electron chi connectivity index (χ1n) is 9.95. The number of rotatable bonds is 5. The van der Waals surface area contributed by atoms with Gasteiger partial charge in [0.2, 0.25) is 5.91 Å². The predicted octanol–water partition coefficient (Wildman–Crippen LogP) is 4.18. The molecule has 0 unspecified atom stereocenters. The Labute approximate surface area is 173 Å². The van der Waals surface area contributed by atoms with Crippen LogP contribution in [-0.4, -0.2) is 49.6 Å². The van der Waals surface area contributed by atoms with Crippen molar-refractivity contribution in [2.45, 2.75) is 44.1 Å². The summed E-state index contributed by atoms with van der Waals surface area (Å²) >= 11 is 1.39. The van der Waals surface area contributed by atoms with E-state index in [1.807, 2.05) is 4.90 Å². The van der Waals surface area contributed by atoms with Crippen LogP contribution in [0.5, 0.6) is 0 Å². The van der Waals surface area contributed by atoms with Crippen LogP contribution in [-0.2, 0) is 4.79 Å². The number of hydrogen-bond acceptors (Lipinski definition) is 5. The first-order valence-corrected chi connectivity index (χ1v) is 10.9. The Morgan fingerprint density at radius 1 is 1.14 bits per heavy atom. The zero-order chi connectivity index (χ0) is 20.4. The number of nitrogens with zero attached hydrogens (tertiary/aromatic N) is 5. The Morgan fingerprint density at radius 3 is 2.55 bits per heavy atom. The van der Waals surface area contributed by atoms with E-state index in [9.17, 15) is 9.18 Å². The maximum Gasteiger partial charge on any atom is 0.232 e. The number of aromatic nitrogens is 4. The molecule has 0 spiro atoms. The van der Waals surface area contributed by atoms with E-state index in [0.717, 1.165) is 48.2 Å². The highest BCUT2D eigenvalue weighted by molar-refractivity contribution is 8.00. The summed E-state index contributed by atoms with van der Waals surface area (Å²) in [7, 11) is 0. The van der Waals surface area contributed by atoms with E-state index < -0.39 is 0 Å². The second-order valence-corrected chi connectivity index (χ2v) is 8.53. The minimum Gasteiger partial charge on any atom is -0.342 e. The number of halogens is 1. The van der Waals surface area contributed by atoms with Gasteiger partial charge in [-0.25, -0.2) is 9.07 Å². The van der Waals surface area contributed by atoms with Gasteiger partial charge in [0.05, 0.1) is 23.3 Å². The van der Waals surface area contributed by atoms with Gasteiger partial charge in [-0.3, -0.25) is 4.79 Å². The normalized spacial score (nSPS) is 14.7. The van der Waals surface area contributed by atoms with Gasteiger partial charge < -0.3 is 4.90 Å². The van der Waals surface area contributed by atoms with E-state index in [-0.39, 0.29) is 17.6 Å². The molecule has 2 aromatic heterocycles. The van der Waals surface area contributed by atoms with Gasteiger partial charge in [0, 0.05) is 18.5 Å². The van der Waals surface area contributed by atoms with Crippen molar-refractivity contribution in [1.82, 2.24) is 24.9 Å². The fraction of sp³-hybridized carbons (Fsp3) is 0.429. The summed E-state index contributed by atoms with van der Waals surface area (Å²) in [6.45, 7) is 5.79. The molecule has 0 saturated carbocycles. The van der Waals surface area contributed by atoms with E-state index >= 15 is 0 Å². The Kier molecular flexibility index (Phi) is 5.80. The van der Waals surface area contributed by atoms with Gasteiger partial charge in [0.25, 0.3) is 0 Å². The van der Waals surface area contributed by atoms with Gasteiger partial charge in [-0.05, 0) is 49.4 Å². The molecule has 1 aliphatic rings. The second-order valence-electron chi connectivity index (χ2n) is 7.57. The SMILES string of the molecule is CC(C)c1nnc(SCC(=O)N2CCCCC2)c2c1cnn2-c1ccc(F)cc1. The number of likely N-dealkylation sites (tertiary alicyclic amines) is 1. The molecule has 3 aromatic rings. The van der Waals surface area contributed by atoms with Crippen LogP contribution in [0.15, 0.2) is 35.5 Å². The van der Waals surface area contributed by atoms with Crippen LogP contribution in [0, 0.1) is 5.82 Å². The summed E-state index contributed by atoms with van der Waals surface area (Å²) in [5, 5.41) is 14.9. The first-order chi connectivity index (χ1) is 14.0.